The predicted molar refractivity (Wildman–Crippen MR) is 189 cm³/mol. The molecule has 2 N–H and O–H groups in total. The van der Waals surface area contributed by atoms with Gasteiger partial charge in [-0.15, -0.1) is 0 Å². The zero-order valence-electron chi connectivity index (χ0n) is 27.4. The Kier molecular flexibility index (Phi) is 11.4. The number of aromatic hydroxyl groups is 2. The first-order chi connectivity index (χ1) is 22.5. The molecule has 47 heavy (non-hydrogen) atoms. The summed E-state index contributed by atoms with van der Waals surface area (Å²) in [6.45, 7) is 7.85. The molecule has 6 nitrogen and oxygen atoms in total. The van der Waals surface area contributed by atoms with Crippen LogP contribution in [0, 0.1) is 0 Å². The van der Waals surface area contributed by atoms with Crippen LogP contribution in [0.4, 0.5) is 0 Å². The highest BCUT2D eigenvalue weighted by molar-refractivity contribution is 6.10. The van der Waals surface area contributed by atoms with Crippen LogP contribution in [0.15, 0.2) is 115 Å². The maximum absolute atomic E-state index is 12.4. The van der Waals surface area contributed by atoms with Gasteiger partial charge in [-0.25, -0.2) is 0 Å². The van der Waals surface area contributed by atoms with E-state index in [4.69, 9.17) is 9.47 Å². The molecule has 0 aliphatic carbocycles. The SMILES string of the molecule is CC1(C)C=Cc2c(ccc(C(=O)/C=C/c3ccccc3)c2O)O1.COc1ccc(C(=O)/C=C/c2ccccc2)c(O)c1CC=C(C)C. The van der Waals surface area contributed by atoms with Gasteiger partial charge in [-0.1, -0.05) is 84.5 Å². The zero-order chi connectivity index (χ0) is 34.0. The number of carbonyl (C=O) groups excluding carboxylic acids is 2. The lowest BCUT2D eigenvalue weighted by atomic mass is 9.98. The van der Waals surface area contributed by atoms with E-state index in [9.17, 15) is 19.8 Å². The quantitative estimate of drug-likeness (QED) is 0.109. The first-order valence-corrected chi connectivity index (χ1v) is 15.3. The van der Waals surface area contributed by atoms with Gasteiger partial charge >= 0.3 is 0 Å². The van der Waals surface area contributed by atoms with Crippen molar-refractivity contribution in [1.29, 1.82) is 0 Å². The highest BCUT2D eigenvalue weighted by atomic mass is 16.5. The number of carbonyl (C=O) groups is 2. The van der Waals surface area contributed by atoms with Gasteiger partial charge in [-0.05, 0) is 93.8 Å². The monoisotopic (exact) mass is 628 g/mol. The molecular formula is C41H40O6. The van der Waals surface area contributed by atoms with Crippen LogP contribution in [-0.2, 0) is 6.42 Å². The van der Waals surface area contributed by atoms with E-state index in [1.54, 1.807) is 49.6 Å². The fourth-order valence-corrected chi connectivity index (χ4v) is 4.80. The second-order valence-corrected chi connectivity index (χ2v) is 11.8. The Morgan fingerprint density at radius 1 is 0.766 bits per heavy atom. The maximum Gasteiger partial charge on any atom is 0.189 e. The molecule has 0 atom stereocenters. The van der Waals surface area contributed by atoms with Crippen LogP contribution in [0.2, 0.25) is 0 Å². The Morgan fingerprint density at radius 3 is 1.83 bits per heavy atom. The van der Waals surface area contributed by atoms with Crippen molar-refractivity contribution >= 4 is 29.8 Å². The van der Waals surface area contributed by atoms with Gasteiger partial charge in [-0.3, -0.25) is 9.59 Å². The summed E-state index contributed by atoms with van der Waals surface area (Å²) in [5, 5.41) is 20.9. The molecule has 0 radical (unpaired) electrons. The molecule has 0 bridgehead atoms. The van der Waals surface area contributed by atoms with Gasteiger partial charge in [0.15, 0.2) is 11.6 Å². The lowest BCUT2D eigenvalue weighted by Crippen LogP contribution is -2.27. The summed E-state index contributed by atoms with van der Waals surface area (Å²) < 4.78 is 11.1. The molecule has 4 aromatic rings. The van der Waals surface area contributed by atoms with Crippen LogP contribution in [-0.4, -0.2) is 34.5 Å². The van der Waals surface area contributed by atoms with Gasteiger partial charge in [0.1, 0.15) is 28.6 Å². The van der Waals surface area contributed by atoms with Crippen LogP contribution < -0.4 is 9.47 Å². The number of ketones is 2. The Bertz CT molecular complexity index is 1840. The topological polar surface area (TPSA) is 93.1 Å². The molecule has 0 aromatic heterocycles. The van der Waals surface area contributed by atoms with E-state index in [-0.39, 0.29) is 34.2 Å². The number of phenols is 2. The smallest absolute Gasteiger partial charge is 0.189 e. The summed E-state index contributed by atoms with van der Waals surface area (Å²) >= 11 is 0. The summed E-state index contributed by atoms with van der Waals surface area (Å²) in [5.74, 6) is 0.614. The summed E-state index contributed by atoms with van der Waals surface area (Å²) in [4.78, 5) is 24.8. The molecule has 1 aliphatic heterocycles. The molecule has 6 heteroatoms. The van der Waals surface area contributed by atoms with Gasteiger partial charge in [-0.2, -0.15) is 0 Å². The number of fused-ring (bicyclic) bond motifs is 1. The number of ether oxygens (including phenoxy) is 2. The minimum Gasteiger partial charge on any atom is -0.507 e. The first-order valence-electron chi connectivity index (χ1n) is 15.3. The van der Waals surface area contributed by atoms with Crippen molar-refractivity contribution in [3.8, 4) is 23.0 Å². The van der Waals surface area contributed by atoms with Gasteiger partial charge in [0.05, 0.1) is 23.8 Å². The largest absolute Gasteiger partial charge is 0.507 e. The molecule has 0 saturated heterocycles. The van der Waals surface area contributed by atoms with E-state index in [1.165, 1.54) is 12.2 Å². The van der Waals surface area contributed by atoms with Crippen LogP contribution >= 0.6 is 0 Å². The zero-order valence-corrected chi connectivity index (χ0v) is 27.4. The average molecular weight is 629 g/mol. The second-order valence-electron chi connectivity index (χ2n) is 11.8. The molecule has 0 fully saturated rings. The summed E-state index contributed by atoms with van der Waals surface area (Å²) in [6, 6.07) is 25.8. The number of allylic oxidation sites excluding steroid dienone is 4. The van der Waals surface area contributed by atoms with Crippen molar-refractivity contribution in [1.82, 2.24) is 0 Å². The third-order valence-electron chi connectivity index (χ3n) is 7.36. The lowest BCUT2D eigenvalue weighted by molar-refractivity contribution is 0.103. The van der Waals surface area contributed by atoms with E-state index in [2.05, 4.69) is 0 Å². The Hall–Kier alpha value is -5.62. The van der Waals surface area contributed by atoms with Gasteiger partial charge in [0, 0.05) is 5.56 Å². The molecular weight excluding hydrogens is 588 g/mol. The Labute approximate surface area is 276 Å². The molecule has 0 spiro atoms. The van der Waals surface area contributed by atoms with Crippen molar-refractivity contribution in [3.63, 3.8) is 0 Å². The fraction of sp³-hybridized carbons (Fsp3) is 0.171. The summed E-state index contributed by atoms with van der Waals surface area (Å²) in [7, 11) is 1.55. The number of hydrogen-bond donors (Lipinski definition) is 2. The molecule has 0 amide bonds. The molecule has 4 aromatic carbocycles. The summed E-state index contributed by atoms with van der Waals surface area (Å²) in [6.07, 6.45) is 12.6. The third-order valence-corrected chi connectivity index (χ3v) is 7.36. The first kappa shape index (κ1) is 34.3. The number of hydrogen-bond acceptors (Lipinski definition) is 6. The van der Waals surface area contributed by atoms with Crippen molar-refractivity contribution in [2.75, 3.05) is 7.11 Å². The summed E-state index contributed by atoms with van der Waals surface area (Å²) in [5.41, 5.74) is 4.30. The highest BCUT2D eigenvalue weighted by Gasteiger charge is 2.25. The molecule has 1 aliphatic rings. The van der Waals surface area contributed by atoms with Crippen molar-refractivity contribution in [2.24, 2.45) is 0 Å². The van der Waals surface area contributed by atoms with Crippen molar-refractivity contribution in [2.45, 2.75) is 39.7 Å². The number of rotatable bonds is 9. The predicted octanol–water partition coefficient (Wildman–Crippen LogP) is 9.28. The minimum atomic E-state index is -0.418. The number of phenolic OH excluding ortho intramolecular Hbond substituents is 2. The minimum absolute atomic E-state index is 0.0189. The van der Waals surface area contributed by atoms with Gasteiger partial charge < -0.3 is 19.7 Å². The van der Waals surface area contributed by atoms with E-state index < -0.39 is 5.60 Å². The number of benzene rings is 4. The molecule has 240 valence electrons. The van der Waals surface area contributed by atoms with Crippen LogP contribution in [0.5, 0.6) is 23.0 Å². The number of methoxy groups -OCH3 is 1. The van der Waals surface area contributed by atoms with E-state index in [1.807, 2.05) is 101 Å². The van der Waals surface area contributed by atoms with Gasteiger partial charge in [0.2, 0.25) is 0 Å². The highest BCUT2D eigenvalue weighted by Crippen LogP contribution is 2.38. The second kappa shape index (κ2) is 15.6. The Balaban J connectivity index is 0.000000213. The standard InChI is InChI=1S/C21H22O3.C20H18O3/c1-15(2)9-11-18-20(24-3)14-12-17(21(18)23)19(22)13-10-16-7-5-4-6-8-16;1-20(2)13-12-16-18(23-20)11-9-15(19(16)22)17(21)10-8-14-6-4-3-5-7-14/h4-10,12-14,23H,11H2,1-3H3;3-13,22H,1-2H3/b13-10+;10-8+. The molecule has 0 unspecified atom stereocenters. The normalized spacial score (nSPS) is 12.9. The van der Waals surface area contributed by atoms with E-state index in [0.29, 0.717) is 29.0 Å². The van der Waals surface area contributed by atoms with Crippen LogP contribution in [0.1, 0.15) is 70.7 Å². The van der Waals surface area contributed by atoms with E-state index >= 15 is 0 Å². The Morgan fingerprint density at radius 2 is 1.30 bits per heavy atom. The molecule has 5 rings (SSSR count). The van der Waals surface area contributed by atoms with Crippen LogP contribution in [0.25, 0.3) is 18.2 Å². The van der Waals surface area contributed by atoms with Crippen LogP contribution in [0.3, 0.4) is 0 Å². The lowest BCUT2D eigenvalue weighted by Gasteiger charge is -2.28. The average Bonchev–Trinajstić information content (AvgIpc) is 3.06. The van der Waals surface area contributed by atoms with Crippen molar-refractivity contribution < 1.29 is 29.3 Å². The van der Waals surface area contributed by atoms with Crippen molar-refractivity contribution in [3.05, 3.63) is 148 Å². The molecule has 1 heterocycles. The third kappa shape index (κ3) is 9.21. The molecule has 0 saturated carbocycles. The van der Waals surface area contributed by atoms with Gasteiger partial charge in [0.25, 0.3) is 0 Å². The fourth-order valence-electron chi connectivity index (χ4n) is 4.80. The van der Waals surface area contributed by atoms with E-state index in [0.717, 1.165) is 16.7 Å². The maximum atomic E-state index is 12.4.